The zero-order chi connectivity index (χ0) is 17.9. The molecule has 3 aromatic rings. The van der Waals surface area contributed by atoms with Crippen molar-refractivity contribution in [2.75, 3.05) is 23.3 Å². The van der Waals surface area contributed by atoms with Crippen LogP contribution in [0.2, 0.25) is 5.02 Å². The first-order valence-corrected chi connectivity index (χ1v) is 9.26. The minimum absolute atomic E-state index is 0.679. The highest BCUT2D eigenvalue weighted by Crippen LogP contribution is 2.33. The van der Waals surface area contributed by atoms with Crippen LogP contribution in [0.15, 0.2) is 54.6 Å². The van der Waals surface area contributed by atoms with Crippen LogP contribution in [0.3, 0.4) is 0 Å². The number of rotatable bonds is 5. The molecule has 1 aliphatic rings. The maximum Gasteiger partial charge on any atom is 0.224 e. The van der Waals surface area contributed by atoms with E-state index in [1.807, 2.05) is 37.3 Å². The average Bonchev–Trinajstić information content (AvgIpc) is 3.07. The van der Waals surface area contributed by atoms with Crippen molar-refractivity contribution in [3.05, 3.63) is 76.4 Å². The zero-order valence-electron chi connectivity index (χ0n) is 14.7. The Bertz CT molecular complexity index is 908. The van der Waals surface area contributed by atoms with E-state index in [2.05, 4.69) is 39.5 Å². The van der Waals surface area contributed by atoms with Gasteiger partial charge in [-0.1, -0.05) is 41.9 Å². The maximum absolute atomic E-state index is 5.93. The van der Waals surface area contributed by atoms with Gasteiger partial charge in [-0.15, -0.1) is 0 Å². The van der Waals surface area contributed by atoms with Crippen molar-refractivity contribution in [1.29, 1.82) is 0 Å². The molecular weight excluding hydrogens is 344 g/mol. The number of nitrogens with one attached hydrogen (secondary N) is 1. The van der Waals surface area contributed by atoms with E-state index in [1.165, 1.54) is 16.8 Å². The Morgan fingerprint density at radius 3 is 2.73 bits per heavy atom. The van der Waals surface area contributed by atoms with Crippen molar-refractivity contribution >= 4 is 29.1 Å². The standard InChI is InChI=1S/C21H21ClN4/c1-15-14-20(26-13-11-17-4-2-3-5-19(17)26)25-21(24-15)23-12-10-16-6-8-18(22)9-7-16/h2-9,14H,10-13H2,1H3,(H,23,24,25). The fraction of sp³-hybridized carbons (Fsp3) is 0.238. The number of hydrogen-bond donors (Lipinski definition) is 1. The largest absolute Gasteiger partial charge is 0.354 e. The fourth-order valence-electron chi connectivity index (χ4n) is 3.32. The Morgan fingerprint density at radius 1 is 1.08 bits per heavy atom. The van der Waals surface area contributed by atoms with Gasteiger partial charge in [0, 0.05) is 35.6 Å². The lowest BCUT2D eigenvalue weighted by Gasteiger charge is -2.19. The van der Waals surface area contributed by atoms with E-state index in [-0.39, 0.29) is 0 Å². The molecule has 0 atom stereocenters. The highest BCUT2D eigenvalue weighted by molar-refractivity contribution is 6.30. The van der Waals surface area contributed by atoms with Crippen LogP contribution < -0.4 is 10.2 Å². The SMILES string of the molecule is Cc1cc(N2CCc3ccccc32)nc(NCCc2ccc(Cl)cc2)n1. The summed E-state index contributed by atoms with van der Waals surface area (Å²) in [4.78, 5) is 11.6. The van der Waals surface area contributed by atoms with Crippen molar-refractivity contribution in [2.24, 2.45) is 0 Å². The van der Waals surface area contributed by atoms with Gasteiger partial charge in [0.1, 0.15) is 5.82 Å². The summed E-state index contributed by atoms with van der Waals surface area (Å²) in [5.74, 6) is 1.63. The van der Waals surface area contributed by atoms with Gasteiger partial charge in [0.05, 0.1) is 0 Å². The fourth-order valence-corrected chi connectivity index (χ4v) is 3.44. The predicted molar refractivity (Wildman–Crippen MR) is 108 cm³/mol. The zero-order valence-corrected chi connectivity index (χ0v) is 15.5. The number of fused-ring (bicyclic) bond motifs is 1. The highest BCUT2D eigenvalue weighted by atomic mass is 35.5. The smallest absolute Gasteiger partial charge is 0.224 e. The van der Waals surface area contributed by atoms with Crippen molar-refractivity contribution in [3.63, 3.8) is 0 Å². The molecule has 2 aromatic carbocycles. The third-order valence-corrected chi connectivity index (χ3v) is 4.87. The van der Waals surface area contributed by atoms with Crippen LogP contribution in [0.25, 0.3) is 0 Å². The molecule has 1 aromatic heterocycles. The molecule has 0 saturated carbocycles. The summed E-state index contributed by atoms with van der Waals surface area (Å²) in [5, 5.41) is 4.12. The average molecular weight is 365 g/mol. The quantitative estimate of drug-likeness (QED) is 0.706. The van der Waals surface area contributed by atoms with Crippen LogP contribution in [0, 0.1) is 6.92 Å². The summed E-state index contributed by atoms with van der Waals surface area (Å²) in [7, 11) is 0. The molecule has 4 nitrogen and oxygen atoms in total. The third-order valence-electron chi connectivity index (χ3n) is 4.61. The van der Waals surface area contributed by atoms with E-state index in [1.54, 1.807) is 0 Å². The maximum atomic E-state index is 5.93. The molecule has 2 heterocycles. The Hall–Kier alpha value is -2.59. The van der Waals surface area contributed by atoms with Crippen molar-refractivity contribution in [3.8, 4) is 0 Å². The second-order valence-corrected chi connectivity index (χ2v) is 6.96. The first-order chi connectivity index (χ1) is 12.7. The van der Waals surface area contributed by atoms with Crippen LogP contribution in [0.1, 0.15) is 16.8 Å². The molecule has 1 aliphatic heterocycles. The number of halogens is 1. The predicted octanol–water partition coefficient (Wildman–Crippen LogP) is 4.79. The first-order valence-electron chi connectivity index (χ1n) is 8.88. The van der Waals surface area contributed by atoms with Gasteiger partial charge in [-0.25, -0.2) is 4.98 Å². The molecule has 26 heavy (non-hydrogen) atoms. The van der Waals surface area contributed by atoms with Gasteiger partial charge >= 0.3 is 0 Å². The van der Waals surface area contributed by atoms with Crippen molar-refractivity contribution in [1.82, 2.24) is 9.97 Å². The topological polar surface area (TPSA) is 41.1 Å². The Labute approximate surface area is 158 Å². The van der Waals surface area contributed by atoms with Gasteiger partial charge in [-0.2, -0.15) is 4.98 Å². The molecule has 0 spiro atoms. The summed E-state index contributed by atoms with van der Waals surface area (Å²) in [6.07, 6.45) is 1.95. The molecule has 0 amide bonds. The monoisotopic (exact) mass is 364 g/mol. The second-order valence-electron chi connectivity index (χ2n) is 6.52. The Balaban J connectivity index is 1.47. The van der Waals surface area contributed by atoms with Gasteiger partial charge in [-0.3, -0.25) is 0 Å². The number of benzene rings is 2. The van der Waals surface area contributed by atoms with E-state index >= 15 is 0 Å². The van der Waals surface area contributed by atoms with Crippen molar-refractivity contribution < 1.29 is 0 Å². The molecule has 1 N–H and O–H groups in total. The number of anilines is 3. The Kier molecular flexibility index (Phi) is 4.76. The highest BCUT2D eigenvalue weighted by Gasteiger charge is 2.21. The summed E-state index contributed by atoms with van der Waals surface area (Å²) in [6.45, 7) is 3.75. The van der Waals surface area contributed by atoms with Crippen LogP contribution >= 0.6 is 11.6 Å². The lowest BCUT2D eigenvalue weighted by molar-refractivity contribution is 0.938. The van der Waals surface area contributed by atoms with Gasteiger partial charge < -0.3 is 10.2 Å². The number of aromatic nitrogens is 2. The van der Waals surface area contributed by atoms with Gasteiger partial charge in [0.15, 0.2) is 0 Å². The minimum Gasteiger partial charge on any atom is -0.354 e. The molecule has 0 unspecified atom stereocenters. The molecule has 0 radical (unpaired) electrons. The molecule has 0 fully saturated rings. The number of para-hydroxylation sites is 1. The molecule has 0 aliphatic carbocycles. The van der Waals surface area contributed by atoms with E-state index in [4.69, 9.17) is 16.6 Å². The second kappa shape index (κ2) is 7.34. The molecule has 4 rings (SSSR count). The van der Waals surface area contributed by atoms with Gasteiger partial charge in [-0.05, 0) is 49.1 Å². The number of hydrogen-bond acceptors (Lipinski definition) is 4. The lowest BCUT2D eigenvalue weighted by Crippen LogP contribution is -2.17. The molecule has 0 bridgehead atoms. The van der Waals surface area contributed by atoms with Gasteiger partial charge in [0.2, 0.25) is 5.95 Å². The number of nitrogens with zero attached hydrogens (tertiary/aromatic N) is 3. The van der Waals surface area contributed by atoms with E-state index in [0.29, 0.717) is 5.95 Å². The number of aryl methyl sites for hydroxylation is 1. The summed E-state index contributed by atoms with van der Waals surface area (Å²) in [6, 6.07) is 18.5. The van der Waals surface area contributed by atoms with Gasteiger partial charge in [0.25, 0.3) is 0 Å². The van der Waals surface area contributed by atoms with Crippen molar-refractivity contribution in [2.45, 2.75) is 19.8 Å². The normalized spacial score (nSPS) is 12.9. The van der Waals surface area contributed by atoms with E-state index < -0.39 is 0 Å². The minimum atomic E-state index is 0.679. The molecule has 132 valence electrons. The van der Waals surface area contributed by atoms with Crippen LogP contribution in [-0.4, -0.2) is 23.1 Å². The van der Waals surface area contributed by atoms with E-state index in [0.717, 1.165) is 42.5 Å². The first kappa shape index (κ1) is 16.9. The lowest BCUT2D eigenvalue weighted by atomic mass is 10.1. The van der Waals surface area contributed by atoms with Crippen LogP contribution in [0.5, 0.6) is 0 Å². The molecular formula is C21H21ClN4. The summed E-state index contributed by atoms with van der Waals surface area (Å²) in [5.41, 5.74) is 4.83. The van der Waals surface area contributed by atoms with E-state index in [9.17, 15) is 0 Å². The van der Waals surface area contributed by atoms with Crippen LogP contribution in [-0.2, 0) is 12.8 Å². The molecule has 0 saturated heterocycles. The Morgan fingerprint density at radius 2 is 1.88 bits per heavy atom. The van der Waals surface area contributed by atoms with Crippen LogP contribution in [0.4, 0.5) is 17.5 Å². The summed E-state index contributed by atoms with van der Waals surface area (Å²) < 4.78 is 0. The summed E-state index contributed by atoms with van der Waals surface area (Å²) >= 11 is 5.93. The third kappa shape index (κ3) is 3.65. The molecule has 5 heteroatoms.